The number of nitrogens with one attached hydrogen (secondary N) is 1. The molecule has 3 rings (SSSR count). The predicted molar refractivity (Wildman–Crippen MR) is 53.5 cm³/mol. The maximum absolute atomic E-state index is 13.1. The van der Waals surface area contributed by atoms with Gasteiger partial charge in [-0.05, 0) is 46.5 Å². The molecule has 3 heteroatoms. The Morgan fingerprint density at radius 1 is 1.38 bits per heavy atom. The fourth-order valence-electron chi connectivity index (χ4n) is 2.12. The fraction of sp³-hybridized carbons (Fsp3) is 0.400. The van der Waals surface area contributed by atoms with Gasteiger partial charge < -0.3 is 5.32 Å². The monoisotopic (exact) mass is 241 g/mol. The summed E-state index contributed by atoms with van der Waals surface area (Å²) < 4.78 is 14.0. The maximum atomic E-state index is 13.1. The second kappa shape index (κ2) is 2.27. The third kappa shape index (κ3) is 0.966. The molecule has 0 amide bonds. The summed E-state index contributed by atoms with van der Waals surface area (Å²) in [6.45, 7) is 0.977. The van der Waals surface area contributed by atoms with Crippen LogP contribution in [0.2, 0.25) is 0 Å². The van der Waals surface area contributed by atoms with E-state index in [-0.39, 0.29) is 11.2 Å². The van der Waals surface area contributed by atoms with E-state index in [0.29, 0.717) is 0 Å². The number of benzene rings is 1. The van der Waals surface area contributed by atoms with Crippen LogP contribution in [0.1, 0.15) is 18.4 Å². The SMILES string of the molecule is Fc1cc(Br)c2c(c1)C1(CC1)CN2. The molecule has 1 fully saturated rings. The quantitative estimate of drug-likeness (QED) is 0.737. The largest absolute Gasteiger partial charge is 0.383 e. The van der Waals surface area contributed by atoms with E-state index in [9.17, 15) is 4.39 Å². The van der Waals surface area contributed by atoms with E-state index in [0.717, 1.165) is 16.7 Å². The number of halogens is 2. The van der Waals surface area contributed by atoms with Gasteiger partial charge in [-0.2, -0.15) is 0 Å². The highest BCUT2D eigenvalue weighted by Crippen LogP contribution is 2.55. The molecule has 68 valence electrons. The highest BCUT2D eigenvalue weighted by atomic mass is 79.9. The van der Waals surface area contributed by atoms with Crippen molar-refractivity contribution in [1.82, 2.24) is 0 Å². The lowest BCUT2D eigenvalue weighted by molar-refractivity contribution is 0.622. The average molecular weight is 242 g/mol. The minimum atomic E-state index is -0.138. The van der Waals surface area contributed by atoms with Crippen LogP contribution in [-0.2, 0) is 5.41 Å². The van der Waals surface area contributed by atoms with Crippen molar-refractivity contribution >= 4 is 21.6 Å². The first-order chi connectivity index (χ1) is 6.21. The van der Waals surface area contributed by atoms with Crippen LogP contribution in [0.15, 0.2) is 16.6 Å². The van der Waals surface area contributed by atoms with Gasteiger partial charge in [0.2, 0.25) is 0 Å². The Kier molecular flexibility index (Phi) is 1.36. The molecule has 1 aromatic rings. The number of anilines is 1. The first-order valence-corrected chi connectivity index (χ1v) is 5.24. The number of hydrogen-bond acceptors (Lipinski definition) is 1. The first kappa shape index (κ1) is 7.80. The third-order valence-electron chi connectivity index (χ3n) is 3.08. The Morgan fingerprint density at radius 2 is 2.15 bits per heavy atom. The van der Waals surface area contributed by atoms with Crippen molar-refractivity contribution in [2.24, 2.45) is 0 Å². The summed E-state index contributed by atoms with van der Waals surface area (Å²) in [5, 5.41) is 3.33. The molecule has 0 radical (unpaired) electrons. The van der Waals surface area contributed by atoms with E-state index in [2.05, 4.69) is 21.2 Å². The molecule has 1 aromatic carbocycles. The molecule has 0 aromatic heterocycles. The number of fused-ring (bicyclic) bond motifs is 2. The van der Waals surface area contributed by atoms with E-state index < -0.39 is 0 Å². The fourth-order valence-corrected chi connectivity index (χ4v) is 2.69. The summed E-state index contributed by atoms with van der Waals surface area (Å²) in [6.07, 6.45) is 2.39. The zero-order valence-electron chi connectivity index (χ0n) is 7.03. The van der Waals surface area contributed by atoms with Gasteiger partial charge in [0.15, 0.2) is 0 Å². The number of rotatable bonds is 0. The van der Waals surface area contributed by atoms with E-state index >= 15 is 0 Å². The van der Waals surface area contributed by atoms with Crippen molar-refractivity contribution in [3.8, 4) is 0 Å². The van der Waals surface area contributed by atoms with Gasteiger partial charge in [0.1, 0.15) is 5.82 Å². The van der Waals surface area contributed by atoms with Gasteiger partial charge in [-0.3, -0.25) is 0 Å². The Hall–Kier alpha value is -0.570. The highest BCUT2D eigenvalue weighted by Gasteiger charge is 2.49. The van der Waals surface area contributed by atoms with E-state index in [4.69, 9.17) is 0 Å². The molecule has 0 bridgehead atoms. The molecule has 0 atom stereocenters. The normalized spacial score (nSPS) is 21.4. The zero-order valence-corrected chi connectivity index (χ0v) is 8.62. The maximum Gasteiger partial charge on any atom is 0.124 e. The highest BCUT2D eigenvalue weighted by molar-refractivity contribution is 9.10. The lowest BCUT2D eigenvalue weighted by atomic mass is 9.99. The third-order valence-corrected chi connectivity index (χ3v) is 3.71. The van der Waals surface area contributed by atoms with Gasteiger partial charge in [0, 0.05) is 16.4 Å². The van der Waals surface area contributed by atoms with Crippen molar-refractivity contribution < 1.29 is 4.39 Å². The summed E-state index contributed by atoms with van der Waals surface area (Å²) in [7, 11) is 0. The minimum absolute atomic E-state index is 0.138. The first-order valence-electron chi connectivity index (χ1n) is 4.45. The van der Waals surface area contributed by atoms with Gasteiger partial charge in [-0.15, -0.1) is 0 Å². The smallest absolute Gasteiger partial charge is 0.124 e. The minimum Gasteiger partial charge on any atom is -0.383 e. The van der Waals surface area contributed by atoms with Gasteiger partial charge in [0.05, 0.1) is 5.69 Å². The molecule has 13 heavy (non-hydrogen) atoms. The molecule has 1 aliphatic heterocycles. The summed E-state index contributed by atoms with van der Waals surface area (Å²) in [6, 6.07) is 3.19. The van der Waals surface area contributed by atoms with Crippen LogP contribution in [0.4, 0.5) is 10.1 Å². The predicted octanol–water partition coefficient (Wildman–Crippen LogP) is 3.05. The molecule has 1 nitrogen and oxygen atoms in total. The van der Waals surface area contributed by atoms with Crippen LogP contribution in [0, 0.1) is 5.82 Å². The van der Waals surface area contributed by atoms with Gasteiger partial charge in [-0.25, -0.2) is 4.39 Å². The van der Waals surface area contributed by atoms with Gasteiger partial charge in [0.25, 0.3) is 0 Å². The van der Waals surface area contributed by atoms with Crippen LogP contribution in [0.3, 0.4) is 0 Å². The van der Waals surface area contributed by atoms with Crippen molar-refractivity contribution in [2.75, 3.05) is 11.9 Å². The van der Waals surface area contributed by atoms with E-state index in [1.54, 1.807) is 6.07 Å². The van der Waals surface area contributed by atoms with Crippen LogP contribution >= 0.6 is 15.9 Å². The van der Waals surface area contributed by atoms with E-state index in [1.165, 1.54) is 24.5 Å². The molecule has 0 unspecified atom stereocenters. The Morgan fingerprint density at radius 3 is 2.85 bits per heavy atom. The Bertz CT molecular complexity index is 385. The average Bonchev–Trinajstić information content (AvgIpc) is 2.73. The van der Waals surface area contributed by atoms with Crippen LogP contribution in [-0.4, -0.2) is 6.54 Å². The number of hydrogen-bond donors (Lipinski definition) is 1. The molecule has 1 spiro atoms. The van der Waals surface area contributed by atoms with Gasteiger partial charge in [-0.1, -0.05) is 0 Å². The zero-order chi connectivity index (χ0) is 9.05. The molecular formula is C10H9BrFN. The standard InChI is InChI=1S/C10H9BrFN/c11-8-4-6(12)3-7-9(8)13-5-10(7)1-2-10/h3-4,13H,1-2,5H2. The summed E-state index contributed by atoms with van der Waals surface area (Å²) in [5.74, 6) is -0.138. The second-order valence-corrected chi connectivity index (χ2v) is 4.80. The Balaban J connectivity index is 2.24. The lowest BCUT2D eigenvalue weighted by Gasteiger charge is -2.06. The summed E-state index contributed by atoms with van der Waals surface area (Å²) in [4.78, 5) is 0. The van der Waals surface area contributed by atoms with Crippen molar-refractivity contribution in [3.05, 3.63) is 28.0 Å². The van der Waals surface area contributed by atoms with Crippen LogP contribution < -0.4 is 5.32 Å². The molecule has 0 saturated heterocycles. The van der Waals surface area contributed by atoms with Crippen LogP contribution in [0.25, 0.3) is 0 Å². The van der Waals surface area contributed by atoms with Crippen molar-refractivity contribution in [3.63, 3.8) is 0 Å². The molecule has 2 aliphatic rings. The lowest BCUT2D eigenvalue weighted by Crippen LogP contribution is -2.08. The van der Waals surface area contributed by atoms with Crippen molar-refractivity contribution in [1.29, 1.82) is 0 Å². The topological polar surface area (TPSA) is 12.0 Å². The summed E-state index contributed by atoms with van der Waals surface area (Å²) in [5.41, 5.74) is 2.54. The van der Waals surface area contributed by atoms with E-state index in [1.807, 2.05) is 0 Å². The van der Waals surface area contributed by atoms with Crippen LogP contribution in [0.5, 0.6) is 0 Å². The molecule has 1 N–H and O–H groups in total. The second-order valence-electron chi connectivity index (χ2n) is 3.94. The molecule has 1 saturated carbocycles. The Labute approximate surface area is 84.5 Å². The van der Waals surface area contributed by atoms with Crippen molar-refractivity contribution in [2.45, 2.75) is 18.3 Å². The molecule has 1 aliphatic carbocycles. The van der Waals surface area contributed by atoms with Gasteiger partial charge >= 0.3 is 0 Å². The summed E-state index contributed by atoms with van der Waals surface area (Å²) >= 11 is 3.38. The molecular weight excluding hydrogens is 233 g/mol. The molecule has 1 heterocycles.